The topological polar surface area (TPSA) is 42.5 Å². The Balaban J connectivity index is 1.64. The molecular formula is C24H48N2O2. The third-order valence-corrected chi connectivity index (χ3v) is 6.52. The number of piperidine rings is 2. The molecule has 0 aromatic carbocycles. The van der Waals surface area contributed by atoms with Gasteiger partial charge in [-0.3, -0.25) is 0 Å². The Hall–Kier alpha value is -0.160. The average molecular weight is 397 g/mol. The van der Waals surface area contributed by atoms with Gasteiger partial charge in [0.15, 0.2) is 0 Å². The van der Waals surface area contributed by atoms with E-state index in [0.29, 0.717) is 36.1 Å². The molecule has 166 valence electrons. The summed E-state index contributed by atoms with van der Waals surface area (Å²) in [6, 6.07) is 1.13. The molecule has 4 heteroatoms. The third kappa shape index (κ3) is 7.93. The molecule has 4 atom stereocenters. The predicted molar refractivity (Wildman–Crippen MR) is 119 cm³/mol. The van der Waals surface area contributed by atoms with Crippen molar-refractivity contribution in [2.45, 2.75) is 129 Å². The minimum atomic E-state index is 0.176. The number of nitrogens with one attached hydrogen (secondary N) is 2. The normalized spacial score (nSPS) is 32.8. The Morgan fingerprint density at radius 3 is 1.39 bits per heavy atom. The van der Waals surface area contributed by atoms with Crippen molar-refractivity contribution in [3.63, 3.8) is 0 Å². The van der Waals surface area contributed by atoms with Gasteiger partial charge in [0, 0.05) is 36.4 Å². The van der Waals surface area contributed by atoms with Crippen molar-refractivity contribution in [3.05, 3.63) is 0 Å². The van der Waals surface area contributed by atoms with Gasteiger partial charge in [-0.05, 0) is 78.1 Å². The molecule has 0 saturated carbocycles. The number of ether oxygens (including phenoxy) is 2. The van der Waals surface area contributed by atoms with E-state index in [9.17, 15) is 0 Å². The average Bonchev–Trinajstić information content (AvgIpc) is 2.55. The molecule has 2 saturated heterocycles. The Labute approximate surface area is 174 Å². The van der Waals surface area contributed by atoms with E-state index < -0.39 is 0 Å². The summed E-state index contributed by atoms with van der Waals surface area (Å²) in [5, 5.41) is 7.56. The standard InChI is InChI=1S/C24H48N2O2/c1-17(2)21-13-19(15-23(5,6)25-21)27-11-9-10-12-28-20-14-22(18(3)4)26-24(7,8)16-20/h17-22,25-26H,9-16H2,1-8H3. The molecule has 0 amide bonds. The lowest BCUT2D eigenvalue weighted by atomic mass is 9.83. The second kappa shape index (κ2) is 10.2. The maximum atomic E-state index is 6.27. The van der Waals surface area contributed by atoms with Crippen LogP contribution < -0.4 is 10.6 Å². The van der Waals surface area contributed by atoms with Crippen molar-refractivity contribution in [2.75, 3.05) is 13.2 Å². The fourth-order valence-corrected chi connectivity index (χ4v) is 4.95. The summed E-state index contributed by atoms with van der Waals surface area (Å²) in [6.07, 6.45) is 7.46. The maximum absolute atomic E-state index is 6.27. The van der Waals surface area contributed by atoms with Crippen molar-refractivity contribution in [2.24, 2.45) is 11.8 Å². The summed E-state index contributed by atoms with van der Waals surface area (Å²) < 4.78 is 12.5. The van der Waals surface area contributed by atoms with Crippen LogP contribution >= 0.6 is 0 Å². The van der Waals surface area contributed by atoms with Gasteiger partial charge in [-0.1, -0.05) is 27.7 Å². The molecule has 2 N–H and O–H groups in total. The molecule has 2 aliphatic rings. The molecule has 4 unspecified atom stereocenters. The van der Waals surface area contributed by atoms with Crippen molar-refractivity contribution in [3.8, 4) is 0 Å². The van der Waals surface area contributed by atoms with E-state index in [4.69, 9.17) is 9.47 Å². The monoisotopic (exact) mass is 396 g/mol. The van der Waals surface area contributed by atoms with Gasteiger partial charge in [-0.2, -0.15) is 0 Å². The zero-order chi connectivity index (χ0) is 20.9. The van der Waals surface area contributed by atoms with Crippen LogP contribution in [0.5, 0.6) is 0 Å². The van der Waals surface area contributed by atoms with E-state index in [0.717, 1.165) is 51.7 Å². The van der Waals surface area contributed by atoms with Crippen LogP contribution in [-0.2, 0) is 9.47 Å². The highest BCUT2D eigenvalue weighted by molar-refractivity contribution is 4.94. The summed E-state index contributed by atoms with van der Waals surface area (Å²) in [5.41, 5.74) is 0.353. The van der Waals surface area contributed by atoms with Crippen LogP contribution in [0, 0.1) is 11.8 Å². The van der Waals surface area contributed by atoms with E-state index in [-0.39, 0.29) is 11.1 Å². The number of hydrogen-bond donors (Lipinski definition) is 2. The first-order chi connectivity index (χ1) is 13.0. The second-order valence-electron chi connectivity index (χ2n) is 11.3. The quantitative estimate of drug-likeness (QED) is 0.543. The highest BCUT2D eigenvalue weighted by atomic mass is 16.5. The Kier molecular flexibility index (Phi) is 8.82. The SMILES string of the molecule is CC(C)C1CC(OCCCCOC2CC(C(C)C)NC(C)(C)C2)CC(C)(C)N1. The zero-order valence-electron chi connectivity index (χ0n) is 19.9. The van der Waals surface area contributed by atoms with Crippen LogP contribution in [0.4, 0.5) is 0 Å². The summed E-state index contributed by atoms with van der Waals surface area (Å²) in [4.78, 5) is 0. The second-order valence-corrected chi connectivity index (χ2v) is 11.3. The molecule has 0 aromatic rings. The summed E-state index contributed by atoms with van der Waals surface area (Å²) in [6.45, 7) is 20.2. The number of hydrogen-bond acceptors (Lipinski definition) is 4. The lowest BCUT2D eigenvalue weighted by Gasteiger charge is -2.43. The van der Waals surface area contributed by atoms with Crippen molar-refractivity contribution in [1.29, 1.82) is 0 Å². The van der Waals surface area contributed by atoms with E-state index in [1.54, 1.807) is 0 Å². The van der Waals surface area contributed by atoms with Gasteiger partial charge in [0.1, 0.15) is 0 Å². The smallest absolute Gasteiger partial charge is 0.0607 e. The Morgan fingerprint density at radius 2 is 1.07 bits per heavy atom. The van der Waals surface area contributed by atoms with Crippen molar-refractivity contribution >= 4 is 0 Å². The van der Waals surface area contributed by atoms with Crippen LogP contribution in [0.2, 0.25) is 0 Å². The minimum absolute atomic E-state index is 0.176. The molecule has 28 heavy (non-hydrogen) atoms. The van der Waals surface area contributed by atoms with Gasteiger partial charge in [-0.15, -0.1) is 0 Å². The summed E-state index contributed by atoms with van der Waals surface area (Å²) in [7, 11) is 0. The highest BCUT2D eigenvalue weighted by Crippen LogP contribution is 2.29. The number of rotatable bonds is 9. The first kappa shape index (κ1) is 24.1. The zero-order valence-corrected chi connectivity index (χ0v) is 19.9. The van der Waals surface area contributed by atoms with E-state index in [2.05, 4.69) is 66.0 Å². The highest BCUT2D eigenvalue weighted by Gasteiger charge is 2.36. The van der Waals surface area contributed by atoms with E-state index >= 15 is 0 Å². The summed E-state index contributed by atoms with van der Waals surface area (Å²) >= 11 is 0. The fourth-order valence-electron chi connectivity index (χ4n) is 4.95. The van der Waals surface area contributed by atoms with E-state index in [1.165, 1.54) is 0 Å². The Morgan fingerprint density at radius 1 is 0.714 bits per heavy atom. The van der Waals surface area contributed by atoms with Crippen molar-refractivity contribution < 1.29 is 9.47 Å². The van der Waals surface area contributed by atoms with Crippen LogP contribution in [0.3, 0.4) is 0 Å². The molecule has 2 rings (SSSR count). The predicted octanol–water partition coefficient (Wildman–Crippen LogP) is 4.91. The Bertz CT molecular complexity index is 420. The molecule has 2 fully saturated rings. The maximum Gasteiger partial charge on any atom is 0.0607 e. The van der Waals surface area contributed by atoms with Gasteiger partial charge >= 0.3 is 0 Å². The molecule has 0 aliphatic carbocycles. The summed E-state index contributed by atoms with van der Waals surface area (Å²) in [5.74, 6) is 1.31. The lowest BCUT2D eigenvalue weighted by molar-refractivity contribution is -0.0269. The van der Waals surface area contributed by atoms with Gasteiger partial charge in [0.25, 0.3) is 0 Å². The fraction of sp³-hybridized carbons (Fsp3) is 1.00. The first-order valence-electron chi connectivity index (χ1n) is 11.8. The van der Waals surface area contributed by atoms with Crippen LogP contribution in [0.15, 0.2) is 0 Å². The van der Waals surface area contributed by atoms with Crippen LogP contribution in [0.1, 0.15) is 93.9 Å². The van der Waals surface area contributed by atoms with Crippen molar-refractivity contribution in [1.82, 2.24) is 10.6 Å². The first-order valence-corrected chi connectivity index (χ1v) is 11.8. The lowest BCUT2D eigenvalue weighted by Crippen LogP contribution is -2.56. The van der Waals surface area contributed by atoms with Gasteiger partial charge in [-0.25, -0.2) is 0 Å². The van der Waals surface area contributed by atoms with E-state index in [1.807, 2.05) is 0 Å². The van der Waals surface area contributed by atoms with Gasteiger partial charge < -0.3 is 20.1 Å². The molecule has 2 heterocycles. The third-order valence-electron chi connectivity index (χ3n) is 6.52. The van der Waals surface area contributed by atoms with Crippen LogP contribution in [-0.4, -0.2) is 48.6 Å². The number of unbranched alkanes of at least 4 members (excludes halogenated alkanes) is 1. The molecule has 2 aliphatic heterocycles. The molecular weight excluding hydrogens is 348 g/mol. The largest absolute Gasteiger partial charge is 0.378 e. The van der Waals surface area contributed by atoms with Gasteiger partial charge in [0.05, 0.1) is 12.2 Å². The molecule has 0 aromatic heterocycles. The van der Waals surface area contributed by atoms with Crippen LogP contribution in [0.25, 0.3) is 0 Å². The molecule has 0 spiro atoms. The molecule has 0 bridgehead atoms. The van der Waals surface area contributed by atoms with Gasteiger partial charge in [0.2, 0.25) is 0 Å². The minimum Gasteiger partial charge on any atom is -0.378 e. The molecule has 4 nitrogen and oxygen atoms in total. The molecule has 0 radical (unpaired) electrons.